The Hall–Kier alpha value is -1.06. The molecule has 0 fully saturated rings. The van der Waals surface area contributed by atoms with Gasteiger partial charge in [0.15, 0.2) is 0 Å². The van der Waals surface area contributed by atoms with Gasteiger partial charge in [-0.1, -0.05) is 37.6 Å². The lowest BCUT2D eigenvalue weighted by Crippen LogP contribution is -2.35. The van der Waals surface area contributed by atoms with Gasteiger partial charge in [0, 0.05) is 17.5 Å². The van der Waals surface area contributed by atoms with Crippen LogP contribution in [0.25, 0.3) is 0 Å². The fourth-order valence-electron chi connectivity index (χ4n) is 1.58. The molecule has 1 amide bonds. The Kier molecular flexibility index (Phi) is 5.63. The van der Waals surface area contributed by atoms with Crippen molar-refractivity contribution in [2.45, 2.75) is 39.3 Å². The number of benzene rings is 1. The third-order valence-corrected chi connectivity index (χ3v) is 3.28. The van der Waals surface area contributed by atoms with E-state index in [4.69, 9.17) is 17.3 Å². The van der Waals surface area contributed by atoms with Crippen molar-refractivity contribution in [3.05, 3.63) is 34.9 Å². The summed E-state index contributed by atoms with van der Waals surface area (Å²) in [6.07, 6.45) is 0.357. The van der Waals surface area contributed by atoms with Gasteiger partial charge in [-0.25, -0.2) is 0 Å². The van der Waals surface area contributed by atoms with Crippen molar-refractivity contribution in [2.24, 2.45) is 11.7 Å². The summed E-state index contributed by atoms with van der Waals surface area (Å²) >= 11 is 5.82. The summed E-state index contributed by atoms with van der Waals surface area (Å²) in [5.74, 6) is 0.292. The lowest BCUT2D eigenvalue weighted by molar-refractivity contribution is -0.122. The quantitative estimate of drug-likeness (QED) is 0.863. The zero-order valence-corrected chi connectivity index (χ0v) is 11.9. The van der Waals surface area contributed by atoms with Crippen molar-refractivity contribution in [1.29, 1.82) is 0 Å². The van der Waals surface area contributed by atoms with Crippen LogP contribution >= 0.6 is 11.6 Å². The van der Waals surface area contributed by atoms with E-state index in [1.165, 1.54) is 0 Å². The molecular weight excluding hydrogens is 248 g/mol. The van der Waals surface area contributed by atoms with Gasteiger partial charge in [-0.2, -0.15) is 0 Å². The molecule has 0 aliphatic carbocycles. The molecule has 0 saturated carbocycles. The summed E-state index contributed by atoms with van der Waals surface area (Å²) in [6.45, 7) is 5.98. The summed E-state index contributed by atoms with van der Waals surface area (Å²) in [5.41, 5.74) is 6.91. The molecule has 0 spiro atoms. The second-order valence-electron chi connectivity index (χ2n) is 4.95. The van der Waals surface area contributed by atoms with Crippen LogP contribution in [0, 0.1) is 5.92 Å². The first-order valence-corrected chi connectivity index (χ1v) is 6.58. The molecular formula is C14H21ClN2O. The van der Waals surface area contributed by atoms with Gasteiger partial charge in [0.05, 0.1) is 6.04 Å². The van der Waals surface area contributed by atoms with Crippen LogP contribution in [0.4, 0.5) is 0 Å². The average Bonchev–Trinajstić information content (AvgIpc) is 2.29. The Morgan fingerprint density at radius 1 is 1.28 bits per heavy atom. The zero-order chi connectivity index (χ0) is 13.7. The highest BCUT2D eigenvalue weighted by Crippen LogP contribution is 2.16. The largest absolute Gasteiger partial charge is 0.350 e. The normalized spacial score (nSPS) is 14.3. The molecule has 2 atom stereocenters. The summed E-state index contributed by atoms with van der Waals surface area (Å²) in [6, 6.07) is 7.33. The van der Waals surface area contributed by atoms with Crippen molar-refractivity contribution < 1.29 is 4.79 Å². The molecule has 0 aliphatic rings. The van der Waals surface area contributed by atoms with Crippen LogP contribution in [0.1, 0.15) is 38.8 Å². The molecule has 0 radical (unpaired) electrons. The first-order chi connectivity index (χ1) is 8.40. The van der Waals surface area contributed by atoms with Crippen LogP contribution in [0.3, 0.4) is 0 Å². The fourth-order valence-corrected chi connectivity index (χ4v) is 1.71. The van der Waals surface area contributed by atoms with Crippen LogP contribution in [-0.4, -0.2) is 11.9 Å². The average molecular weight is 269 g/mol. The molecule has 18 heavy (non-hydrogen) atoms. The third kappa shape index (κ3) is 4.67. The third-order valence-electron chi connectivity index (χ3n) is 3.02. The van der Waals surface area contributed by atoms with E-state index in [0.29, 0.717) is 17.4 Å². The second-order valence-corrected chi connectivity index (χ2v) is 5.39. The molecule has 0 heterocycles. The number of nitrogens with one attached hydrogen (secondary N) is 1. The van der Waals surface area contributed by atoms with Crippen LogP contribution in [0.15, 0.2) is 24.3 Å². The monoisotopic (exact) mass is 268 g/mol. The van der Waals surface area contributed by atoms with E-state index in [0.717, 1.165) is 5.56 Å². The molecule has 0 aliphatic heterocycles. The van der Waals surface area contributed by atoms with Gasteiger partial charge in [0.1, 0.15) is 0 Å². The van der Waals surface area contributed by atoms with Crippen LogP contribution < -0.4 is 11.1 Å². The van der Waals surface area contributed by atoms with E-state index in [2.05, 4.69) is 5.32 Å². The maximum atomic E-state index is 11.8. The van der Waals surface area contributed by atoms with Crippen molar-refractivity contribution in [3.63, 3.8) is 0 Å². The second kappa shape index (κ2) is 6.76. The summed E-state index contributed by atoms with van der Waals surface area (Å²) in [7, 11) is 0. The SMILES string of the molecule is CC(C)C(N)CC(=O)N[C@H](C)c1ccc(Cl)cc1. The molecule has 1 aromatic carbocycles. The highest BCUT2D eigenvalue weighted by Gasteiger charge is 2.15. The first kappa shape index (κ1) is 15.0. The highest BCUT2D eigenvalue weighted by molar-refractivity contribution is 6.30. The van der Waals surface area contributed by atoms with Gasteiger partial charge < -0.3 is 11.1 Å². The van der Waals surface area contributed by atoms with Crippen LogP contribution in [0.5, 0.6) is 0 Å². The zero-order valence-electron chi connectivity index (χ0n) is 11.1. The topological polar surface area (TPSA) is 55.1 Å². The van der Waals surface area contributed by atoms with E-state index in [9.17, 15) is 4.79 Å². The van der Waals surface area contributed by atoms with E-state index < -0.39 is 0 Å². The minimum Gasteiger partial charge on any atom is -0.350 e. The van der Waals surface area contributed by atoms with Gasteiger partial charge >= 0.3 is 0 Å². The van der Waals surface area contributed by atoms with E-state index in [-0.39, 0.29) is 18.0 Å². The Labute approximate surface area is 114 Å². The number of hydrogen-bond acceptors (Lipinski definition) is 2. The number of nitrogens with two attached hydrogens (primary N) is 1. The number of amides is 1. The number of rotatable bonds is 5. The maximum Gasteiger partial charge on any atom is 0.222 e. The van der Waals surface area contributed by atoms with Crippen molar-refractivity contribution in [1.82, 2.24) is 5.32 Å². The first-order valence-electron chi connectivity index (χ1n) is 6.20. The molecule has 1 unspecified atom stereocenters. The molecule has 0 aromatic heterocycles. The highest BCUT2D eigenvalue weighted by atomic mass is 35.5. The van der Waals surface area contributed by atoms with Gasteiger partial charge in [0.25, 0.3) is 0 Å². The number of carbonyl (C=O) groups excluding carboxylic acids is 1. The Morgan fingerprint density at radius 2 is 1.83 bits per heavy atom. The standard InChI is InChI=1S/C14H21ClN2O/c1-9(2)13(16)8-14(18)17-10(3)11-4-6-12(15)7-5-11/h4-7,9-10,13H,8,16H2,1-3H3,(H,17,18)/t10-,13?/m1/s1. The molecule has 0 bridgehead atoms. The predicted octanol–water partition coefficient (Wildman–Crippen LogP) is 2.89. The van der Waals surface area contributed by atoms with E-state index in [1.54, 1.807) is 0 Å². The summed E-state index contributed by atoms with van der Waals surface area (Å²) < 4.78 is 0. The van der Waals surface area contributed by atoms with Crippen molar-refractivity contribution in [3.8, 4) is 0 Å². The fraction of sp³-hybridized carbons (Fsp3) is 0.500. The minimum absolute atomic E-state index is 0.0151. The summed E-state index contributed by atoms with van der Waals surface area (Å²) in [5, 5.41) is 3.63. The Bertz CT molecular complexity index is 389. The Morgan fingerprint density at radius 3 is 2.33 bits per heavy atom. The molecule has 1 aromatic rings. The summed E-state index contributed by atoms with van der Waals surface area (Å²) in [4.78, 5) is 11.8. The Balaban J connectivity index is 2.51. The molecule has 0 saturated heterocycles. The van der Waals surface area contributed by atoms with Gasteiger partial charge in [-0.15, -0.1) is 0 Å². The number of halogens is 1. The molecule has 3 N–H and O–H groups in total. The lowest BCUT2D eigenvalue weighted by Gasteiger charge is -2.18. The molecule has 4 heteroatoms. The van der Waals surface area contributed by atoms with Crippen molar-refractivity contribution in [2.75, 3.05) is 0 Å². The van der Waals surface area contributed by atoms with Gasteiger partial charge in [-0.3, -0.25) is 4.79 Å². The van der Waals surface area contributed by atoms with Crippen molar-refractivity contribution >= 4 is 17.5 Å². The number of carbonyl (C=O) groups is 1. The molecule has 100 valence electrons. The van der Waals surface area contributed by atoms with Gasteiger partial charge in [0.2, 0.25) is 5.91 Å². The van der Waals surface area contributed by atoms with Crippen LogP contribution in [0.2, 0.25) is 5.02 Å². The number of hydrogen-bond donors (Lipinski definition) is 2. The predicted molar refractivity (Wildman–Crippen MR) is 75.4 cm³/mol. The molecule has 1 rings (SSSR count). The van der Waals surface area contributed by atoms with E-state index >= 15 is 0 Å². The lowest BCUT2D eigenvalue weighted by atomic mass is 10.0. The minimum atomic E-state index is -0.0950. The smallest absolute Gasteiger partial charge is 0.222 e. The van der Waals surface area contributed by atoms with Gasteiger partial charge in [-0.05, 0) is 30.5 Å². The van der Waals surface area contributed by atoms with E-state index in [1.807, 2.05) is 45.0 Å². The molecule has 3 nitrogen and oxygen atoms in total. The maximum absolute atomic E-state index is 11.8. The van der Waals surface area contributed by atoms with Crippen LogP contribution in [-0.2, 0) is 4.79 Å².